The van der Waals surface area contributed by atoms with Crippen molar-refractivity contribution in [3.05, 3.63) is 0 Å². The molecule has 44 heavy (non-hydrogen) atoms. The zero-order chi connectivity index (χ0) is 32.8. The second kappa shape index (κ2) is 24.2. The molecule has 0 atom stereocenters. The van der Waals surface area contributed by atoms with Crippen LogP contribution < -0.4 is 0 Å². The molecule has 10 nitrogen and oxygen atoms in total. The van der Waals surface area contributed by atoms with E-state index >= 15 is 0 Å². The van der Waals surface area contributed by atoms with Crippen molar-refractivity contribution in [2.24, 2.45) is 0 Å². The minimum Gasteiger partial charge on any atom is -0.398 e. The van der Waals surface area contributed by atoms with Crippen molar-refractivity contribution >= 4 is 17.1 Å². The standard InChI is InChI=1S/C32H74N6O4Si2/c1-33(2)17-11-19-35(25-15-31-43(9,39-5)40-6)21-13-23-37-27-29-38(30-28-37)24-14-22-36(20-12-18-34(3)4)26-16-32-44(10,41-7)42-8/h11-32H2,1-10H3. The summed E-state index contributed by atoms with van der Waals surface area (Å²) in [5, 5.41) is 0. The summed E-state index contributed by atoms with van der Waals surface area (Å²) >= 11 is 0. The SMILES string of the molecule is CO[Si](C)(CCCN(CCCN(C)C)CCCN1CCN(CCCN(CCCN(C)C)CCC[Si](C)(OC)OC)CC1)OC. The molecule has 0 saturated carbocycles. The Hall–Kier alpha value is 0.0338. The fraction of sp³-hybridized carbons (Fsp3) is 1.00. The summed E-state index contributed by atoms with van der Waals surface area (Å²) < 4.78 is 22.9. The molecule has 0 aliphatic carbocycles. The predicted octanol–water partition coefficient (Wildman–Crippen LogP) is 3.40. The summed E-state index contributed by atoms with van der Waals surface area (Å²) in [6.07, 6.45) is 7.26. The van der Waals surface area contributed by atoms with Gasteiger partial charge in [0, 0.05) is 54.6 Å². The largest absolute Gasteiger partial charge is 0.398 e. The van der Waals surface area contributed by atoms with Gasteiger partial charge >= 0.3 is 17.1 Å². The molecule has 1 fully saturated rings. The Labute approximate surface area is 275 Å². The molecule has 0 aromatic carbocycles. The van der Waals surface area contributed by atoms with Crippen LogP contribution in [0.3, 0.4) is 0 Å². The van der Waals surface area contributed by atoms with Gasteiger partial charge in [0.15, 0.2) is 0 Å². The molecule has 1 saturated heterocycles. The second-order valence-corrected chi connectivity index (χ2v) is 20.8. The fourth-order valence-corrected chi connectivity index (χ4v) is 8.74. The van der Waals surface area contributed by atoms with Crippen LogP contribution in [-0.4, -0.2) is 195 Å². The molecule has 0 unspecified atom stereocenters. The molecule has 0 amide bonds. The molecule has 0 N–H and O–H groups in total. The summed E-state index contributed by atoms with van der Waals surface area (Å²) in [5.41, 5.74) is 0. The van der Waals surface area contributed by atoms with Gasteiger partial charge in [-0.2, -0.15) is 0 Å². The third kappa shape index (κ3) is 19.6. The summed E-state index contributed by atoms with van der Waals surface area (Å²) in [6.45, 7) is 20.9. The van der Waals surface area contributed by atoms with E-state index < -0.39 is 17.1 Å². The van der Waals surface area contributed by atoms with Crippen molar-refractivity contribution in [1.82, 2.24) is 29.4 Å². The minimum atomic E-state index is -1.98. The van der Waals surface area contributed by atoms with Crippen molar-refractivity contribution in [2.75, 3.05) is 148 Å². The van der Waals surface area contributed by atoms with Gasteiger partial charge in [0.1, 0.15) is 0 Å². The van der Waals surface area contributed by atoms with Crippen LogP contribution in [0.1, 0.15) is 38.5 Å². The molecular formula is C32H74N6O4Si2. The number of piperazine rings is 1. The van der Waals surface area contributed by atoms with E-state index in [1.54, 1.807) is 28.4 Å². The van der Waals surface area contributed by atoms with E-state index in [0.29, 0.717) is 0 Å². The van der Waals surface area contributed by atoms with E-state index in [1.165, 1.54) is 91.1 Å². The average Bonchev–Trinajstić information content (AvgIpc) is 3.00. The van der Waals surface area contributed by atoms with Crippen LogP contribution in [0, 0.1) is 0 Å². The maximum absolute atomic E-state index is 5.71. The van der Waals surface area contributed by atoms with Gasteiger partial charge < -0.3 is 47.1 Å². The maximum Gasteiger partial charge on any atom is 0.334 e. The number of rotatable bonds is 28. The lowest BCUT2D eigenvalue weighted by molar-refractivity contribution is 0.120. The molecule has 1 rings (SSSR count). The number of nitrogens with zero attached hydrogens (tertiary/aromatic N) is 6. The van der Waals surface area contributed by atoms with E-state index in [1.807, 2.05) is 0 Å². The highest BCUT2D eigenvalue weighted by Gasteiger charge is 2.29. The Bertz CT molecular complexity index is 625. The van der Waals surface area contributed by atoms with Crippen LogP contribution in [0.4, 0.5) is 0 Å². The average molecular weight is 663 g/mol. The summed E-state index contributed by atoms with van der Waals surface area (Å²) in [5.74, 6) is 0. The van der Waals surface area contributed by atoms with Gasteiger partial charge in [-0.05, 0) is 157 Å². The first-order chi connectivity index (χ1) is 21.0. The van der Waals surface area contributed by atoms with Crippen molar-refractivity contribution in [3.63, 3.8) is 0 Å². The van der Waals surface area contributed by atoms with Gasteiger partial charge in [-0.15, -0.1) is 0 Å². The highest BCUT2D eigenvalue weighted by Crippen LogP contribution is 2.16. The zero-order valence-electron chi connectivity index (χ0n) is 30.9. The number of hydrogen-bond acceptors (Lipinski definition) is 10. The van der Waals surface area contributed by atoms with E-state index in [9.17, 15) is 0 Å². The first-order valence-corrected chi connectivity index (χ1v) is 22.4. The van der Waals surface area contributed by atoms with Crippen LogP contribution in [0.2, 0.25) is 25.2 Å². The predicted molar refractivity (Wildman–Crippen MR) is 191 cm³/mol. The molecule has 0 bridgehead atoms. The molecule has 12 heteroatoms. The smallest absolute Gasteiger partial charge is 0.334 e. The summed E-state index contributed by atoms with van der Waals surface area (Å²) in [4.78, 5) is 15.3. The molecule has 0 radical (unpaired) electrons. The lowest BCUT2D eigenvalue weighted by Crippen LogP contribution is -2.47. The quantitative estimate of drug-likeness (QED) is 0.117. The Morgan fingerprint density at radius 3 is 1.05 bits per heavy atom. The number of hydrogen-bond donors (Lipinski definition) is 0. The van der Waals surface area contributed by atoms with Gasteiger partial charge in [0.2, 0.25) is 0 Å². The lowest BCUT2D eigenvalue weighted by Gasteiger charge is -2.35. The van der Waals surface area contributed by atoms with Crippen LogP contribution >= 0.6 is 0 Å². The summed E-state index contributed by atoms with van der Waals surface area (Å²) in [7, 11) is 11.9. The van der Waals surface area contributed by atoms with Crippen LogP contribution in [0.25, 0.3) is 0 Å². The van der Waals surface area contributed by atoms with Crippen molar-refractivity contribution < 1.29 is 17.7 Å². The lowest BCUT2D eigenvalue weighted by atomic mass is 10.2. The molecule has 1 heterocycles. The van der Waals surface area contributed by atoms with Crippen molar-refractivity contribution in [3.8, 4) is 0 Å². The van der Waals surface area contributed by atoms with Gasteiger partial charge in [-0.25, -0.2) is 0 Å². The molecule has 0 aromatic rings. The molecule has 1 aliphatic heterocycles. The fourth-order valence-electron chi connectivity index (χ4n) is 5.99. The summed E-state index contributed by atoms with van der Waals surface area (Å²) in [6, 6.07) is 2.12. The van der Waals surface area contributed by atoms with Crippen LogP contribution in [-0.2, 0) is 17.7 Å². The monoisotopic (exact) mass is 663 g/mol. The van der Waals surface area contributed by atoms with Gasteiger partial charge in [-0.3, -0.25) is 0 Å². The van der Waals surface area contributed by atoms with Gasteiger partial charge in [0.25, 0.3) is 0 Å². The third-order valence-corrected chi connectivity index (χ3v) is 15.4. The van der Waals surface area contributed by atoms with Crippen molar-refractivity contribution in [1.29, 1.82) is 0 Å². The van der Waals surface area contributed by atoms with Crippen LogP contribution in [0.5, 0.6) is 0 Å². The van der Waals surface area contributed by atoms with Gasteiger partial charge in [0.05, 0.1) is 0 Å². The first-order valence-electron chi connectivity index (χ1n) is 17.4. The Morgan fingerprint density at radius 1 is 0.455 bits per heavy atom. The molecular weight excluding hydrogens is 589 g/mol. The topological polar surface area (TPSA) is 56.4 Å². The van der Waals surface area contributed by atoms with E-state index in [-0.39, 0.29) is 0 Å². The highest BCUT2D eigenvalue weighted by atomic mass is 28.4. The zero-order valence-corrected chi connectivity index (χ0v) is 32.9. The highest BCUT2D eigenvalue weighted by molar-refractivity contribution is 6.66. The first kappa shape index (κ1) is 42.1. The second-order valence-electron chi connectivity index (χ2n) is 13.7. The third-order valence-electron chi connectivity index (χ3n) is 9.46. The Balaban J connectivity index is 2.39. The Kier molecular flexibility index (Phi) is 23.1. The molecule has 1 aliphatic rings. The van der Waals surface area contributed by atoms with Crippen LogP contribution in [0.15, 0.2) is 0 Å². The Morgan fingerprint density at radius 2 is 0.750 bits per heavy atom. The minimum absolute atomic E-state index is 1.06. The normalized spacial score (nSPS) is 16.0. The molecule has 0 aromatic heterocycles. The van der Waals surface area contributed by atoms with Crippen molar-refractivity contribution in [2.45, 2.75) is 63.7 Å². The van der Waals surface area contributed by atoms with Gasteiger partial charge in [-0.1, -0.05) is 0 Å². The molecule has 0 spiro atoms. The van der Waals surface area contributed by atoms with E-state index in [2.05, 4.69) is 70.7 Å². The van der Waals surface area contributed by atoms with E-state index in [0.717, 1.165) is 51.1 Å². The van der Waals surface area contributed by atoms with E-state index in [4.69, 9.17) is 17.7 Å². The maximum atomic E-state index is 5.71. The molecule has 264 valence electrons.